The van der Waals surface area contributed by atoms with E-state index in [0.29, 0.717) is 43.3 Å². The summed E-state index contributed by atoms with van der Waals surface area (Å²) in [5, 5.41) is 2.71. The summed E-state index contributed by atoms with van der Waals surface area (Å²) in [6.07, 6.45) is 1.43. The summed E-state index contributed by atoms with van der Waals surface area (Å²) in [4.78, 5) is 28.1. The minimum atomic E-state index is -0.344. The van der Waals surface area contributed by atoms with Gasteiger partial charge < -0.3 is 24.3 Å². The van der Waals surface area contributed by atoms with E-state index in [1.165, 1.54) is 12.3 Å². The van der Waals surface area contributed by atoms with E-state index >= 15 is 0 Å². The number of hydrogen-bond acceptors (Lipinski definition) is 5. The number of anilines is 2. The molecule has 4 rings (SSSR count). The Balaban J connectivity index is 1.24. The number of ether oxygens (including phenoxy) is 1. The molecule has 0 atom stereocenters. The van der Waals surface area contributed by atoms with Crippen molar-refractivity contribution in [3.8, 4) is 5.75 Å². The van der Waals surface area contributed by atoms with Crippen molar-refractivity contribution in [1.29, 1.82) is 0 Å². The number of para-hydroxylation sites is 1. The van der Waals surface area contributed by atoms with Crippen LogP contribution in [-0.4, -0.2) is 49.5 Å². The Morgan fingerprint density at radius 2 is 1.71 bits per heavy atom. The van der Waals surface area contributed by atoms with Crippen LogP contribution in [0, 0.1) is 5.82 Å². The normalized spacial score (nSPS) is 13.7. The number of hydrogen-bond donors (Lipinski definition) is 1. The monoisotopic (exact) mass is 423 g/mol. The highest BCUT2D eigenvalue weighted by Gasteiger charge is 2.23. The molecule has 160 valence electrons. The van der Waals surface area contributed by atoms with Crippen molar-refractivity contribution in [3.63, 3.8) is 0 Å². The molecular formula is C23H22FN3O4. The fraction of sp³-hybridized carbons (Fsp3) is 0.217. The lowest BCUT2D eigenvalue weighted by Crippen LogP contribution is -2.50. The summed E-state index contributed by atoms with van der Waals surface area (Å²) in [6.45, 7) is 2.06. The molecular weight excluding hydrogens is 401 g/mol. The summed E-state index contributed by atoms with van der Waals surface area (Å²) in [5.41, 5.74) is 1.15. The molecule has 1 N–H and O–H groups in total. The van der Waals surface area contributed by atoms with Crippen molar-refractivity contribution >= 4 is 23.2 Å². The third-order valence-corrected chi connectivity index (χ3v) is 5.04. The van der Waals surface area contributed by atoms with E-state index in [1.54, 1.807) is 59.5 Å². The molecule has 1 saturated heterocycles. The molecule has 1 fully saturated rings. The van der Waals surface area contributed by atoms with Gasteiger partial charge in [-0.15, -0.1) is 0 Å². The van der Waals surface area contributed by atoms with Gasteiger partial charge in [-0.25, -0.2) is 4.39 Å². The Labute approximate surface area is 179 Å². The van der Waals surface area contributed by atoms with Crippen LogP contribution in [0.4, 0.5) is 15.8 Å². The molecule has 0 radical (unpaired) electrons. The standard InChI is InChI=1S/C23H22FN3O4/c24-19-4-1-2-5-20(19)26-11-13-27(14-12-26)22(28)16-31-18-9-7-17(8-10-18)25-23(29)21-6-3-15-30-21/h1-10,15H,11-14,16H2,(H,25,29). The van der Waals surface area contributed by atoms with Crippen LogP contribution in [0.15, 0.2) is 71.3 Å². The van der Waals surface area contributed by atoms with Crippen LogP contribution in [0.3, 0.4) is 0 Å². The molecule has 0 aliphatic carbocycles. The second-order valence-corrected chi connectivity index (χ2v) is 7.06. The van der Waals surface area contributed by atoms with Crippen molar-refractivity contribution < 1.29 is 23.1 Å². The van der Waals surface area contributed by atoms with Gasteiger partial charge in [0.25, 0.3) is 11.8 Å². The lowest BCUT2D eigenvalue weighted by atomic mass is 10.2. The molecule has 2 aromatic carbocycles. The first-order valence-corrected chi connectivity index (χ1v) is 9.95. The second-order valence-electron chi connectivity index (χ2n) is 7.06. The van der Waals surface area contributed by atoms with E-state index in [1.807, 2.05) is 4.90 Å². The van der Waals surface area contributed by atoms with Gasteiger partial charge in [0.2, 0.25) is 0 Å². The molecule has 31 heavy (non-hydrogen) atoms. The Hall–Kier alpha value is -3.81. The maximum absolute atomic E-state index is 13.9. The van der Waals surface area contributed by atoms with Gasteiger partial charge in [0, 0.05) is 31.9 Å². The first-order chi connectivity index (χ1) is 15.1. The minimum Gasteiger partial charge on any atom is -0.484 e. The number of piperazine rings is 1. The van der Waals surface area contributed by atoms with Gasteiger partial charge in [-0.3, -0.25) is 9.59 Å². The fourth-order valence-corrected chi connectivity index (χ4v) is 3.38. The van der Waals surface area contributed by atoms with Crippen molar-refractivity contribution in [2.75, 3.05) is 43.0 Å². The first kappa shape index (κ1) is 20.5. The molecule has 8 heteroatoms. The average molecular weight is 423 g/mol. The topological polar surface area (TPSA) is 75.0 Å². The number of benzene rings is 2. The van der Waals surface area contributed by atoms with E-state index in [2.05, 4.69) is 5.32 Å². The lowest BCUT2D eigenvalue weighted by molar-refractivity contribution is -0.133. The molecule has 2 amide bonds. The number of amides is 2. The molecule has 7 nitrogen and oxygen atoms in total. The summed E-state index contributed by atoms with van der Waals surface area (Å²) >= 11 is 0. The van der Waals surface area contributed by atoms with Crippen LogP contribution in [0.1, 0.15) is 10.6 Å². The number of nitrogens with zero attached hydrogens (tertiary/aromatic N) is 2. The highest BCUT2D eigenvalue weighted by atomic mass is 19.1. The maximum atomic E-state index is 13.9. The van der Waals surface area contributed by atoms with Crippen LogP contribution in [0.5, 0.6) is 5.75 Å². The Morgan fingerprint density at radius 3 is 2.39 bits per heavy atom. The predicted molar refractivity (Wildman–Crippen MR) is 114 cm³/mol. The van der Waals surface area contributed by atoms with Gasteiger partial charge in [-0.1, -0.05) is 12.1 Å². The molecule has 0 unspecified atom stereocenters. The number of nitrogens with one attached hydrogen (secondary N) is 1. The van der Waals surface area contributed by atoms with E-state index < -0.39 is 0 Å². The predicted octanol–water partition coefficient (Wildman–Crippen LogP) is 3.40. The average Bonchev–Trinajstić information content (AvgIpc) is 3.34. The van der Waals surface area contributed by atoms with Gasteiger partial charge >= 0.3 is 0 Å². The molecule has 0 saturated carbocycles. The SMILES string of the molecule is O=C(Nc1ccc(OCC(=O)N2CCN(c3ccccc3F)CC2)cc1)c1ccco1. The van der Waals surface area contributed by atoms with Crippen molar-refractivity contribution in [2.24, 2.45) is 0 Å². The largest absolute Gasteiger partial charge is 0.484 e. The van der Waals surface area contributed by atoms with Crippen molar-refractivity contribution in [2.45, 2.75) is 0 Å². The highest BCUT2D eigenvalue weighted by Crippen LogP contribution is 2.21. The van der Waals surface area contributed by atoms with E-state index in [-0.39, 0.29) is 30.0 Å². The first-order valence-electron chi connectivity index (χ1n) is 9.95. The third kappa shape index (κ3) is 5.03. The summed E-state index contributed by atoms with van der Waals surface area (Å²) in [7, 11) is 0. The Morgan fingerprint density at radius 1 is 0.968 bits per heavy atom. The second kappa shape index (κ2) is 9.34. The molecule has 2 heterocycles. The minimum absolute atomic E-state index is 0.0855. The maximum Gasteiger partial charge on any atom is 0.291 e. The van der Waals surface area contributed by atoms with Gasteiger partial charge in [0.15, 0.2) is 12.4 Å². The zero-order valence-electron chi connectivity index (χ0n) is 16.8. The van der Waals surface area contributed by atoms with Crippen LogP contribution >= 0.6 is 0 Å². The van der Waals surface area contributed by atoms with Gasteiger partial charge in [-0.2, -0.15) is 0 Å². The van der Waals surface area contributed by atoms with Gasteiger partial charge in [0.05, 0.1) is 12.0 Å². The van der Waals surface area contributed by atoms with Gasteiger partial charge in [0.1, 0.15) is 11.6 Å². The quantitative estimate of drug-likeness (QED) is 0.658. The van der Waals surface area contributed by atoms with Crippen molar-refractivity contribution in [1.82, 2.24) is 4.90 Å². The smallest absolute Gasteiger partial charge is 0.291 e. The van der Waals surface area contributed by atoms with Crippen molar-refractivity contribution in [3.05, 3.63) is 78.5 Å². The van der Waals surface area contributed by atoms with Crippen LogP contribution in [-0.2, 0) is 4.79 Å². The van der Waals surface area contributed by atoms with Crippen LogP contribution in [0.25, 0.3) is 0 Å². The Kier molecular flexibility index (Phi) is 6.16. The van der Waals surface area contributed by atoms with Gasteiger partial charge in [-0.05, 0) is 48.5 Å². The lowest BCUT2D eigenvalue weighted by Gasteiger charge is -2.36. The summed E-state index contributed by atoms with van der Waals surface area (Å²) < 4.78 is 24.6. The zero-order chi connectivity index (χ0) is 21.6. The highest BCUT2D eigenvalue weighted by molar-refractivity contribution is 6.02. The fourth-order valence-electron chi connectivity index (χ4n) is 3.38. The Bertz CT molecular complexity index is 1030. The molecule has 1 aliphatic heterocycles. The summed E-state index contributed by atoms with van der Waals surface area (Å²) in [6, 6.07) is 16.6. The number of furan rings is 1. The molecule has 0 spiro atoms. The van der Waals surface area contributed by atoms with Crippen LogP contribution in [0.2, 0.25) is 0 Å². The molecule has 0 bridgehead atoms. The number of rotatable bonds is 6. The molecule has 1 aromatic heterocycles. The molecule has 1 aliphatic rings. The zero-order valence-corrected chi connectivity index (χ0v) is 16.8. The van der Waals surface area contributed by atoms with Crippen LogP contribution < -0.4 is 15.0 Å². The third-order valence-electron chi connectivity index (χ3n) is 5.04. The summed E-state index contributed by atoms with van der Waals surface area (Å²) in [5.74, 6) is 0.0246. The van der Waals surface area contributed by atoms with E-state index in [4.69, 9.17) is 9.15 Å². The van der Waals surface area contributed by atoms with E-state index in [0.717, 1.165) is 0 Å². The molecule has 3 aromatic rings. The van der Waals surface area contributed by atoms with E-state index in [9.17, 15) is 14.0 Å². The number of carbonyl (C=O) groups excluding carboxylic acids is 2. The number of carbonyl (C=O) groups is 2. The number of halogens is 1.